The molecule has 0 saturated carbocycles. The van der Waals surface area contributed by atoms with Crippen molar-refractivity contribution >= 4 is 11.6 Å². The average Bonchev–Trinajstić information content (AvgIpc) is 3.22. The molecule has 0 aliphatic heterocycles. The van der Waals surface area contributed by atoms with Gasteiger partial charge < -0.3 is 0 Å². The van der Waals surface area contributed by atoms with Gasteiger partial charge in [-0.05, 0) is 34.9 Å². The van der Waals surface area contributed by atoms with Gasteiger partial charge in [0.05, 0.1) is 0 Å². The van der Waals surface area contributed by atoms with Crippen LogP contribution in [0.25, 0.3) is 45.3 Å². The van der Waals surface area contributed by atoms with Crippen molar-refractivity contribution in [3.63, 3.8) is 0 Å². The minimum Gasteiger partial charge on any atom is -0.208 e. The molecule has 182 valence electrons. The summed E-state index contributed by atoms with van der Waals surface area (Å²) in [6, 6.07) is 37.1. The molecule has 0 saturated heterocycles. The van der Waals surface area contributed by atoms with E-state index in [1.165, 1.54) is 5.56 Å². The molecule has 1 aromatic heterocycles. The molecule has 0 amide bonds. The molecule has 4 heteroatoms. The third-order valence-electron chi connectivity index (χ3n) is 6.46. The Morgan fingerprint density at radius 2 is 1.03 bits per heavy atom. The molecule has 38 heavy (non-hydrogen) atoms. The topological polar surface area (TPSA) is 38.7 Å². The third kappa shape index (κ3) is 5.24. The van der Waals surface area contributed by atoms with Crippen LogP contribution in [0.2, 0.25) is 0 Å². The van der Waals surface area contributed by atoms with Crippen LogP contribution in [0.1, 0.15) is 11.5 Å². The van der Waals surface area contributed by atoms with Gasteiger partial charge in [-0.3, -0.25) is 0 Å². The molecule has 1 aliphatic carbocycles. The summed E-state index contributed by atoms with van der Waals surface area (Å²) in [5.74, 6) is 2.12. The summed E-state index contributed by atoms with van der Waals surface area (Å²) < 4.78 is 0. The number of hydrogen-bond acceptors (Lipinski definition) is 3. The van der Waals surface area contributed by atoms with Crippen molar-refractivity contribution in [2.75, 3.05) is 0 Å². The Morgan fingerprint density at radius 3 is 1.68 bits per heavy atom. The van der Waals surface area contributed by atoms with Gasteiger partial charge in [0.1, 0.15) is 0 Å². The molecular weight excluding hydrogens is 486 g/mol. The van der Waals surface area contributed by atoms with E-state index in [-0.39, 0.29) is 5.92 Å². The maximum Gasteiger partial charge on any atom is 0.164 e. The van der Waals surface area contributed by atoms with E-state index in [9.17, 15) is 0 Å². The maximum absolute atomic E-state index is 6.18. The SMILES string of the molecule is ClC1=CC=CC(c2cccc(-c3cccc(-c4nc(-c5ccccc5)nc(-c5ccccc5)n4)c3)c2)C=C1. The number of nitrogens with zero attached hydrogens (tertiary/aromatic N) is 3. The van der Waals surface area contributed by atoms with E-state index in [1.807, 2.05) is 78.9 Å². The average molecular weight is 510 g/mol. The zero-order valence-corrected chi connectivity index (χ0v) is 21.3. The highest BCUT2D eigenvalue weighted by Crippen LogP contribution is 2.31. The Balaban J connectivity index is 1.41. The van der Waals surface area contributed by atoms with E-state index in [0.717, 1.165) is 32.8 Å². The molecule has 0 radical (unpaired) electrons. The fourth-order valence-corrected chi connectivity index (χ4v) is 4.65. The lowest BCUT2D eigenvalue weighted by Gasteiger charge is -2.12. The Kier molecular flexibility index (Phi) is 6.75. The van der Waals surface area contributed by atoms with Gasteiger partial charge in [0.2, 0.25) is 0 Å². The first-order chi connectivity index (χ1) is 18.7. The summed E-state index contributed by atoms with van der Waals surface area (Å²) in [5.41, 5.74) is 6.29. The maximum atomic E-state index is 6.18. The number of benzene rings is 4. The summed E-state index contributed by atoms with van der Waals surface area (Å²) >= 11 is 6.18. The molecular formula is C34H24ClN3. The monoisotopic (exact) mass is 509 g/mol. The summed E-state index contributed by atoms with van der Waals surface area (Å²) in [7, 11) is 0. The molecule has 0 spiro atoms. The largest absolute Gasteiger partial charge is 0.208 e. The standard InChI is InChI=1S/C34H24ClN3/c35-31-19-9-14-24(20-21-31)27-15-7-16-28(22-27)29-17-8-18-30(23-29)34-37-32(25-10-3-1-4-11-25)36-33(38-34)26-12-5-2-6-13-26/h1-24H. The van der Waals surface area contributed by atoms with Crippen LogP contribution < -0.4 is 0 Å². The number of halogens is 1. The second kappa shape index (κ2) is 10.8. The molecule has 1 atom stereocenters. The predicted octanol–water partition coefficient (Wildman–Crippen LogP) is 8.87. The fraction of sp³-hybridized carbons (Fsp3) is 0.0294. The highest BCUT2D eigenvalue weighted by Gasteiger charge is 2.13. The van der Waals surface area contributed by atoms with Gasteiger partial charge in [-0.2, -0.15) is 0 Å². The Labute approximate surface area is 227 Å². The zero-order valence-electron chi connectivity index (χ0n) is 20.6. The van der Waals surface area contributed by atoms with Crippen LogP contribution in [-0.4, -0.2) is 15.0 Å². The third-order valence-corrected chi connectivity index (χ3v) is 6.71. The molecule has 5 aromatic rings. The van der Waals surface area contributed by atoms with Crippen LogP contribution >= 0.6 is 11.6 Å². The second-order valence-corrected chi connectivity index (χ2v) is 9.50. The Hall–Kier alpha value is -4.60. The van der Waals surface area contributed by atoms with E-state index in [0.29, 0.717) is 17.5 Å². The lowest BCUT2D eigenvalue weighted by Crippen LogP contribution is -2.00. The van der Waals surface area contributed by atoms with Crippen LogP contribution in [0, 0.1) is 0 Å². The highest BCUT2D eigenvalue weighted by molar-refractivity contribution is 6.31. The van der Waals surface area contributed by atoms with Gasteiger partial charge in [-0.15, -0.1) is 0 Å². The normalized spacial score (nSPS) is 14.7. The quantitative estimate of drug-likeness (QED) is 0.237. The number of aromatic nitrogens is 3. The van der Waals surface area contributed by atoms with E-state index in [2.05, 4.69) is 60.7 Å². The summed E-state index contributed by atoms with van der Waals surface area (Å²) in [6.45, 7) is 0. The van der Waals surface area contributed by atoms with Crippen molar-refractivity contribution in [3.05, 3.63) is 150 Å². The molecule has 0 fully saturated rings. The van der Waals surface area contributed by atoms with Gasteiger partial charge in [0, 0.05) is 27.6 Å². The molecule has 0 N–H and O–H groups in total. The van der Waals surface area contributed by atoms with Gasteiger partial charge in [0.15, 0.2) is 17.5 Å². The van der Waals surface area contributed by atoms with Crippen molar-refractivity contribution in [3.8, 4) is 45.3 Å². The van der Waals surface area contributed by atoms with Crippen molar-refractivity contribution in [2.45, 2.75) is 5.92 Å². The zero-order chi connectivity index (χ0) is 25.7. The minimum absolute atomic E-state index is 0.163. The summed E-state index contributed by atoms with van der Waals surface area (Å²) in [6.07, 6.45) is 10.2. The minimum atomic E-state index is 0.163. The van der Waals surface area contributed by atoms with Gasteiger partial charge in [-0.25, -0.2) is 15.0 Å². The van der Waals surface area contributed by atoms with Crippen LogP contribution in [0.5, 0.6) is 0 Å². The first-order valence-corrected chi connectivity index (χ1v) is 12.9. The number of hydrogen-bond donors (Lipinski definition) is 0. The first-order valence-electron chi connectivity index (χ1n) is 12.5. The smallest absolute Gasteiger partial charge is 0.164 e. The molecule has 0 bridgehead atoms. The van der Waals surface area contributed by atoms with Crippen molar-refractivity contribution in [1.29, 1.82) is 0 Å². The molecule has 1 heterocycles. The number of allylic oxidation sites excluding steroid dienone is 6. The van der Waals surface area contributed by atoms with Crippen LogP contribution in [0.15, 0.2) is 145 Å². The molecule has 4 aromatic carbocycles. The van der Waals surface area contributed by atoms with Crippen molar-refractivity contribution < 1.29 is 0 Å². The van der Waals surface area contributed by atoms with E-state index in [1.54, 1.807) is 0 Å². The van der Waals surface area contributed by atoms with Gasteiger partial charge in [-0.1, -0.05) is 133 Å². The molecule has 1 unspecified atom stereocenters. The molecule has 6 rings (SSSR count). The van der Waals surface area contributed by atoms with E-state index >= 15 is 0 Å². The van der Waals surface area contributed by atoms with Gasteiger partial charge >= 0.3 is 0 Å². The number of rotatable bonds is 5. The Morgan fingerprint density at radius 1 is 0.500 bits per heavy atom. The highest BCUT2D eigenvalue weighted by atomic mass is 35.5. The Bertz CT molecular complexity index is 1610. The predicted molar refractivity (Wildman–Crippen MR) is 157 cm³/mol. The van der Waals surface area contributed by atoms with Gasteiger partial charge in [0.25, 0.3) is 0 Å². The lowest BCUT2D eigenvalue weighted by molar-refractivity contribution is 1.07. The summed E-state index contributed by atoms with van der Waals surface area (Å²) in [5, 5.41) is 0.731. The van der Waals surface area contributed by atoms with Crippen molar-refractivity contribution in [1.82, 2.24) is 15.0 Å². The van der Waals surface area contributed by atoms with Crippen LogP contribution in [-0.2, 0) is 0 Å². The van der Waals surface area contributed by atoms with Crippen molar-refractivity contribution in [2.24, 2.45) is 0 Å². The molecule has 3 nitrogen and oxygen atoms in total. The van der Waals surface area contributed by atoms with E-state index < -0.39 is 0 Å². The first kappa shape index (κ1) is 23.8. The van der Waals surface area contributed by atoms with Crippen LogP contribution in [0.4, 0.5) is 0 Å². The second-order valence-electron chi connectivity index (χ2n) is 9.07. The molecule has 1 aliphatic rings. The fourth-order valence-electron chi connectivity index (χ4n) is 4.51. The van der Waals surface area contributed by atoms with Crippen LogP contribution in [0.3, 0.4) is 0 Å². The van der Waals surface area contributed by atoms with E-state index in [4.69, 9.17) is 26.6 Å². The summed E-state index contributed by atoms with van der Waals surface area (Å²) in [4.78, 5) is 14.6. The lowest BCUT2D eigenvalue weighted by atomic mass is 9.94.